The summed E-state index contributed by atoms with van der Waals surface area (Å²) >= 11 is 0. The van der Waals surface area contributed by atoms with Crippen molar-refractivity contribution in [1.29, 1.82) is 0 Å². The number of rotatable bonds is 6. The van der Waals surface area contributed by atoms with E-state index in [1.165, 1.54) is 0 Å². The Kier molecular flexibility index (Phi) is 7.87. The Labute approximate surface area is 92.2 Å². The van der Waals surface area contributed by atoms with Gasteiger partial charge < -0.3 is 0 Å². The van der Waals surface area contributed by atoms with Crippen LogP contribution in [0.2, 0.25) is 0 Å². The van der Waals surface area contributed by atoms with Crippen molar-refractivity contribution in [1.82, 2.24) is 0 Å². The monoisotopic (exact) mass is 202 g/mol. The summed E-state index contributed by atoms with van der Waals surface area (Å²) in [6.45, 7) is 9.48. The highest BCUT2D eigenvalue weighted by Gasteiger charge is 1.88. The van der Waals surface area contributed by atoms with E-state index in [0.717, 1.165) is 0 Å². The van der Waals surface area contributed by atoms with E-state index in [0.29, 0.717) is 11.6 Å². The lowest BCUT2D eigenvalue weighted by atomic mass is 10.1. The molecule has 0 heterocycles. The average molecular weight is 202 g/mol. The lowest BCUT2D eigenvalue weighted by molar-refractivity contribution is 0.938. The molecule has 0 spiro atoms. The Balaban J connectivity index is 4.10. The van der Waals surface area contributed by atoms with Gasteiger partial charge in [-0.3, -0.25) is 9.98 Å². The van der Waals surface area contributed by atoms with Crippen LogP contribution in [0.3, 0.4) is 0 Å². The van der Waals surface area contributed by atoms with Gasteiger partial charge in [0.2, 0.25) is 0 Å². The zero-order chi connectivity index (χ0) is 11.5. The number of aliphatic imine (C=N–C) groups is 2. The van der Waals surface area contributed by atoms with Gasteiger partial charge in [-0.25, -0.2) is 0 Å². The van der Waals surface area contributed by atoms with Crippen molar-refractivity contribution in [2.45, 2.75) is 6.92 Å². The van der Waals surface area contributed by atoms with E-state index in [1.54, 1.807) is 25.6 Å². The fourth-order valence-electron chi connectivity index (χ4n) is 0.820. The van der Waals surface area contributed by atoms with E-state index in [4.69, 9.17) is 0 Å². The molecule has 0 radical (unpaired) electrons. The smallest absolute Gasteiger partial charge is 0.0555 e. The third-order valence-corrected chi connectivity index (χ3v) is 1.60. The second kappa shape index (κ2) is 8.88. The van der Waals surface area contributed by atoms with E-state index < -0.39 is 0 Å². The molecule has 0 rings (SSSR count). The van der Waals surface area contributed by atoms with Crippen molar-refractivity contribution in [3.63, 3.8) is 0 Å². The summed E-state index contributed by atoms with van der Waals surface area (Å²) in [6, 6.07) is 0. The molecule has 0 aromatic rings. The largest absolute Gasteiger partial charge is 0.295 e. The van der Waals surface area contributed by atoms with Crippen LogP contribution in [-0.2, 0) is 0 Å². The molecule has 2 nitrogen and oxygen atoms in total. The van der Waals surface area contributed by atoms with Crippen LogP contribution in [-0.4, -0.2) is 19.5 Å². The number of hydrogen-bond acceptors (Lipinski definition) is 2. The normalized spacial score (nSPS) is 14.5. The molecule has 0 saturated carbocycles. The Morgan fingerprint density at radius 2 is 2.00 bits per heavy atom. The highest BCUT2D eigenvalue weighted by molar-refractivity contribution is 6.16. The summed E-state index contributed by atoms with van der Waals surface area (Å²) in [4.78, 5) is 7.85. The van der Waals surface area contributed by atoms with Crippen molar-refractivity contribution >= 4 is 12.4 Å². The molecule has 0 fully saturated rings. The number of nitrogens with zero attached hydrogens (tertiary/aromatic N) is 2. The predicted molar refractivity (Wildman–Crippen MR) is 69.7 cm³/mol. The van der Waals surface area contributed by atoms with E-state index in [9.17, 15) is 0 Å². The van der Waals surface area contributed by atoms with Crippen LogP contribution in [0.15, 0.2) is 59.2 Å². The Morgan fingerprint density at radius 1 is 1.27 bits per heavy atom. The molecule has 0 aliphatic carbocycles. The van der Waals surface area contributed by atoms with Crippen molar-refractivity contribution < 1.29 is 0 Å². The zero-order valence-corrected chi connectivity index (χ0v) is 9.43. The summed E-state index contributed by atoms with van der Waals surface area (Å²) in [5.41, 5.74) is 0.716. The standard InChI is InChI=1S/C13H18N2/c1-5-6-7-12(2)8-9-13(3)15-11-10-14-4/h5-12H,1,3H2,2,4H3/b7-6-,9-8+,14-10-,15-11-. The van der Waals surface area contributed by atoms with Crippen LogP contribution in [0.4, 0.5) is 0 Å². The topological polar surface area (TPSA) is 24.7 Å². The molecule has 1 unspecified atom stereocenters. The summed E-state index contributed by atoms with van der Waals surface area (Å²) in [7, 11) is 1.70. The van der Waals surface area contributed by atoms with Gasteiger partial charge in [0.25, 0.3) is 0 Å². The molecule has 0 aromatic carbocycles. The predicted octanol–water partition coefficient (Wildman–Crippen LogP) is 3.21. The minimum atomic E-state index is 0.356. The SMILES string of the molecule is C=C/C=C\C(C)/C=C/C(=C)/N=C\C=N/C. The fraction of sp³-hybridized carbons (Fsp3) is 0.231. The van der Waals surface area contributed by atoms with Crippen LogP contribution < -0.4 is 0 Å². The van der Waals surface area contributed by atoms with Gasteiger partial charge >= 0.3 is 0 Å². The molecule has 0 N–H and O–H groups in total. The van der Waals surface area contributed by atoms with Crippen LogP contribution in [0.25, 0.3) is 0 Å². The van der Waals surface area contributed by atoms with Crippen LogP contribution >= 0.6 is 0 Å². The molecule has 0 amide bonds. The van der Waals surface area contributed by atoms with Crippen LogP contribution in [0.1, 0.15) is 6.92 Å². The van der Waals surface area contributed by atoms with Gasteiger partial charge in [-0.1, -0.05) is 44.4 Å². The lowest BCUT2D eigenvalue weighted by Gasteiger charge is -1.96. The first-order valence-electron chi connectivity index (χ1n) is 4.82. The third-order valence-electron chi connectivity index (χ3n) is 1.60. The maximum atomic E-state index is 4.07. The van der Waals surface area contributed by atoms with Gasteiger partial charge in [-0.05, 0) is 12.0 Å². The van der Waals surface area contributed by atoms with Gasteiger partial charge in [-0.15, -0.1) is 0 Å². The average Bonchev–Trinajstić information content (AvgIpc) is 2.24. The molecule has 80 valence electrons. The zero-order valence-electron chi connectivity index (χ0n) is 9.43. The first-order chi connectivity index (χ1) is 7.20. The van der Waals surface area contributed by atoms with Crippen molar-refractivity contribution in [2.24, 2.45) is 15.9 Å². The summed E-state index contributed by atoms with van der Waals surface area (Å²) < 4.78 is 0. The molecule has 2 heteroatoms. The second-order valence-electron chi connectivity index (χ2n) is 3.02. The first kappa shape index (κ1) is 13.3. The van der Waals surface area contributed by atoms with E-state index in [1.807, 2.05) is 24.3 Å². The Bertz CT molecular complexity index is 306. The van der Waals surface area contributed by atoms with Gasteiger partial charge in [0.05, 0.1) is 5.70 Å². The first-order valence-corrected chi connectivity index (χ1v) is 4.82. The molecule has 0 bridgehead atoms. The number of hydrogen-bond donors (Lipinski definition) is 0. The summed E-state index contributed by atoms with van der Waals surface area (Å²) in [5.74, 6) is 0.356. The quantitative estimate of drug-likeness (QED) is 0.467. The molecule has 0 saturated heterocycles. The number of allylic oxidation sites excluding steroid dienone is 5. The summed E-state index contributed by atoms with van der Waals surface area (Å²) in [6.07, 6.45) is 12.9. The minimum Gasteiger partial charge on any atom is -0.295 e. The Morgan fingerprint density at radius 3 is 2.60 bits per heavy atom. The van der Waals surface area contributed by atoms with Gasteiger partial charge in [0.15, 0.2) is 0 Å². The van der Waals surface area contributed by atoms with Gasteiger partial charge in [-0.2, -0.15) is 0 Å². The Hall–Kier alpha value is -1.70. The molecule has 0 aromatic heterocycles. The maximum Gasteiger partial charge on any atom is 0.0555 e. The van der Waals surface area contributed by atoms with E-state index >= 15 is 0 Å². The molecule has 1 atom stereocenters. The van der Waals surface area contributed by atoms with Crippen LogP contribution in [0, 0.1) is 5.92 Å². The van der Waals surface area contributed by atoms with Crippen molar-refractivity contribution in [2.75, 3.05) is 7.05 Å². The maximum absolute atomic E-state index is 4.07. The van der Waals surface area contributed by atoms with Crippen molar-refractivity contribution in [3.8, 4) is 0 Å². The highest BCUT2D eigenvalue weighted by Crippen LogP contribution is 2.03. The molecule has 0 aliphatic rings. The van der Waals surface area contributed by atoms with E-state index in [-0.39, 0.29) is 0 Å². The van der Waals surface area contributed by atoms with Crippen molar-refractivity contribution in [3.05, 3.63) is 49.2 Å². The second-order valence-corrected chi connectivity index (χ2v) is 3.02. The third kappa shape index (κ3) is 8.63. The molecular formula is C13H18N2. The minimum absolute atomic E-state index is 0.356. The van der Waals surface area contributed by atoms with Gasteiger partial charge in [0.1, 0.15) is 0 Å². The highest BCUT2D eigenvalue weighted by atomic mass is 14.7. The van der Waals surface area contributed by atoms with Gasteiger partial charge in [0, 0.05) is 19.5 Å². The molecule has 0 aliphatic heterocycles. The van der Waals surface area contributed by atoms with Crippen LogP contribution in [0.5, 0.6) is 0 Å². The van der Waals surface area contributed by atoms with E-state index in [2.05, 4.69) is 30.1 Å². The lowest BCUT2D eigenvalue weighted by Crippen LogP contribution is -1.82. The fourth-order valence-corrected chi connectivity index (χ4v) is 0.820. The summed E-state index contributed by atoms with van der Waals surface area (Å²) in [5, 5.41) is 0. The molecular weight excluding hydrogens is 184 g/mol. The molecule has 15 heavy (non-hydrogen) atoms.